The lowest BCUT2D eigenvalue weighted by Crippen LogP contribution is -2.35. The second-order valence-electron chi connectivity index (χ2n) is 4.47. The summed E-state index contributed by atoms with van der Waals surface area (Å²) in [6.45, 7) is 5.08. The van der Waals surface area contributed by atoms with Crippen molar-refractivity contribution in [2.75, 3.05) is 31.6 Å². The number of nitrogens with one attached hydrogen (secondary N) is 1. The minimum atomic E-state index is -0.258. The first-order chi connectivity index (χ1) is 8.20. The molecule has 0 radical (unpaired) electrons. The Morgan fingerprint density at radius 3 is 3.06 bits per heavy atom. The Bertz CT molecular complexity index is 384. The Balaban J connectivity index is 2.25. The van der Waals surface area contributed by atoms with E-state index in [4.69, 9.17) is 4.74 Å². The van der Waals surface area contributed by atoms with E-state index in [1.54, 1.807) is 13.2 Å². The Kier molecular flexibility index (Phi) is 3.84. The number of hydrogen-bond acceptors (Lipinski definition) is 3. The molecule has 1 saturated heterocycles. The van der Waals surface area contributed by atoms with Crippen molar-refractivity contribution in [1.82, 2.24) is 5.32 Å². The fourth-order valence-electron chi connectivity index (χ4n) is 2.24. The summed E-state index contributed by atoms with van der Waals surface area (Å²) < 4.78 is 18.4. The number of rotatable bonds is 2. The molecule has 94 valence electrons. The fourth-order valence-corrected chi connectivity index (χ4v) is 2.24. The van der Waals surface area contributed by atoms with E-state index in [0.29, 0.717) is 11.8 Å². The van der Waals surface area contributed by atoms with Crippen molar-refractivity contribution in [2.24, 2.45) is 0 Å². The zero-order valence-corrected chi connectivity index (χ0v) is 10.4. The molecule has 0 amide bonds. The highest BCUT2D eigenvalue weighted by molar-refractivity contribution is 5.58. The smallest absolute Gasteiger partial charge is 0.145 e. The molecule has 1 aromatic rings. The number of hydrogen-bond donors (Lipinski definition) is 1. The van der Waals surface area contributed by atoms with Gasteiger partial charge in [-0.3, -0.25) is 0 Å². The van der Waals surface area contributed by atoms with Gasteiger partial charge in [0.2, 0.25) is 0 Å². The van der Waals surface area contributed by atoms with Crippen molar-refractivity contribution in [1.29, 1.82) is 0 Å². The van der Waals surface area contributed by atoms with E-state index in [1.807, 2.05) is 0 Å². The number of benzene rings is 1. The van der Waals surface area contributed by atoms with Crippen LogP contribution in [0.15, 0.2) is 18.2 Å². The van der Waals surface area contributed by atoms with Crippen LogP contribution in [0.25, 0.3) is 0 Å². The maximum absolute atomic E-state index is 13.1. The Hall–Kier alpha value is -1.29. The van der Waals surface area contributed by atoms with Gasteiger partial charge in [0.15, 0.2) is 0 Å². The van der Waals surface area contributed by atoms with Gasteiger partial charge in [0.05, 0.1) is 12.8 Å². The number of anilines is 1. The largest absolute Gasteiger partial charge is 0.494 e. The van der Waals surface area contributed by atoms with Gasteiger partial charge in [-0.15, -0.1) is 0 Å². The highest BCUT2D eigenvalue weighted by Gasteiger charge is 2.17. The molecule has 1 atom stereocenters. The highest BCUT2D eigenvalue weighted by Crippen LogP contribution is 2.29. The zero-order valence-electron chi connectivity index (χ0n) is 10.4. The summed E-state index contributed by atoms with van der Waals surface area (Å²) in [5, 5.41) is 3.44. The van der Waals surface area contributed by atoms with E-state index >= 15 is 0 Å². The molecule has 1 aliphatic rings. The van der Waals surface area contributed by atoms with E-state index in [0.717, 1.165) is 31.7 Å². The van der Waals surface area contributed by atoms with Crippen molar-refractivity contribution in [2.45, 2.75) is 19.4 Å². The van der Waals surface area contributed by atoms with Gasteiger partial charge >= 0.3 is 0 Å². The quantitative estimate of drug-likeness (QED) is 0.853. The minimum Gasteiger partial charge on any atom is -0.494 e. The van der Waals surface area contributed by atoms with Gasteiger partial charge < -0.3 is 15.0 Å². The molecule has 0 aliphatic carbocycles. The summed E-state index contributed by atoms with van der Waals surface area (Å²) in [5.74, 6) is 0.352. The molecule has 0 saturated carbocycles. The standard InChI is InChI=1S/C13H19FN2O/c1-10-9-16(7-3-6-15-10)12-5-4-11(14)8-13(12)17-2/h4-5,8,10,15H,3,6-7,9H2,1-2H3. The molecule has 4 heteroatoms. The monoisotopic (exact) mass is 238 g/mol. The van der Waals surface area contributed by atoms with Crippen LogP contribution in [-0.2, 0) is 0 Å². The Labute approximate surface area is 102 Å². The highest BCUT2D eigenvalue weighted by atomic mass is 19.1. The predicted molar refractivity (Wildman–Crippen MR) is 67.2 cm³/mol. The van der Waals surface area contributed by atoms with Gasteiger partial charge in [0.1, 0.15) is 11.6 Å². The third-order valence-corrected chi connectivity index (χ3v) is 3.07. The van der Waals surface area contributed by atoms with E-state index < -0.39 is 0 Å². The summed E-state index contributed by atoms with van der Waals surface area (Å²) in [6, 6.07) is 5.16. The topological polar surface area (TPSA) is 24.5 Å². The molecule has 1 unspecified atom stereocenters. The van der Waals surface area contributed by atoms with Gasteiger partial charge in [-0.1, -0.05) is 0 Å². The average molecular weight is 238 g/mol. The lowest BCUT2D eigenvalue weighted by molar-refractivity contribution is 0.410. The number of ether oxygens (including phenoxy) is 1. The predicted octanol–water partition coefficient (Wildman–Crippen LogP) is 2.02. The maximum Gasteiger partial charge on any atom is 0.145 e. The van der Waals surface area contributed by atoms with Crippen LogP contribution in [0.1, 0.15) is 13.3 Å². The van der Waals surface area contributed by atoms with Gasteiger partial charge in [0, 0.05) is 25.2 Å². The zero-order chi connectivity index (χ0) is 12.3. The van der Waals surface area contributed by atoms with Crippen molar-refractivity contribution in [3.8, 4) is 5.75 Å². The molecule has 1 heterocycles. The third-order valence-electron chi connectivity index (χ3n) is 3.07. The first-order valence-electron chi connectivity index (χ1n) is 6.02. The summed E-state index contributed by atoms with van der Waals surface area (Å²) in [6.07, 6.45) is 1.09. The van der Waals surface area contributed by atoms with Crippen LogP contribution in [0.5, 0.6) is 5.75 Å². The van der Waals surface area contributed by atoms with Gasteiger partial charge in [-0.2, -0.15) is 0 Å². The van der Waals surface area contributed by atoms with E-state index in [-0.39, 0.29) is 5.82 Å². The van der Waals surface area contributed by atoms with Crippen molar-refractivity contribution in [3.05, 3.63) is 24.0 Å². The van der Waals surface area contributed by atoms with Crippen molar-refractivity contribution >= 4 is 5.69 Å². The molecule has 2 rings (SSSR count). The fraction of sp³-hybridized carbons (Fsp3) is 0.538. The SMILES string of the molecule is COc1cc(F)ccc1N1CCCNC(C)C1. The van der Waals surface area contributed by atoms with Gasteiger partial charge in [0.25, 0.3) is 0 Å². The van der Waals surface area contributed by atoms with Crippen LogP contribution in [0.3, 0.4) is 0 Å². The molecule has 1 aliphatic heterocycles. The molecular weight excluding hydrogens is 219 g/mol. The first-order valence-corrected chi connectivity index (χ1v) is 6.02. The number of halogens is 1. The molecule has 17 heavy (non-hydrogen) atoms. The minimum absolute atomic E-state index is 0.258. The number of methoxy groups -OCH3 is 1. The maximum atomic E-state index is 13.1. The molecular formula is C13H19FN2O. The van der Waals surface area contributed by atoms with E-state index in [2.05, 4.69) is 17.1 Å². The first kappa shape index (κ1) is 12.2. The van der Waals surface area contributed by atoms with Crippen molar-refractivity contribution in [3.63, 3.8) is 0 Å². The van der Waals surface area contributed by atoms with Crippen LogP contribution in [0.2, 0.25) is 0 Å². The molecule has 3 nitrogen and oxygen atoms in total. The van der Waals surface area contributed by atoms with Crippen LogP contribution in [0.4, 0.5) is 10.1 Å². The molecule has 1 fully saturated rings. The Morgan fingerprint density at radius 1 is 1.47 bits per heavy atom. The van der Waals surface area contributed by atoms with Crippen LogP contribution >= 0.6 is 0 Å². The lowest BCUT2D eigenvalue weighted by atomic mass is 10.2. The summed E-state index contributed by atoms with van der Waals surface area (Å²) in [5.41, 5.74) is 0.976. The van der Waals surface area contributed by atoms with E-state index in [1.165, 1.54) is 12.1 Å². The summed E-state index contributed by atoms with van der Waals surface area (Å²) in [7, 11) is 1.58. The lowest BCUT2D eigenvalue weighted by Gasteiger charge is -2.26. The van der Waals surface area contributed by atoms with Crippen molar-refractivity contribution < 1.29 is 9.13 Å². The van der Waals surface area contributed by atoms with Gasteiger partial charge in [-0.25, -0.2) is 4.39 Å². The summed E-state index contributed by atoms with van der Waals surface area (Å²) >= 11 is 0. The molecule has 0 bridgehead atoms. The van der Waals surface area contributed by atoms with Gasteiger partial charge in [-0.05, 0) is 32.0 Å². The number of nitrogens with zero attached hydrogens (tertiary/aromatic N) is 1. The second-order valence-corrected chi connectivity index (χ2v) is 4.47. The Morgan fingerprint density at radius 2 is 2.29 bits per heavy atom. The van der Waals surface area contributed by atoms with Crippen LogP contribution in [0, 0.1) is 5.82 Å². The van der Waals surface area contributed by atoms with Crippen LogP contribution < -0.4 is 15.0 Å². The van der Waals surface area contributed by atoms with E-state index in [9.17, 15) is 4.39 Å². The molecule has 1 aromatic carbocycles. The average Bonchev–Trinajstić information content (AvgIpc) is 2.53. The normalized spacial score (nSPS) is 21.1. The molecule has 0 spiro atoms. The second kappa shape index (κ2) is 5.36. The molecule has 0 aromatic heterocycles. The summed E-state index contributed by atoms with van der Waals surface area (Å²) in [4.78, 5) is 2.25. The molecule has 1 N–H and O–H groups in total. The van der Waals surface area contributed by atoms with Crippen LogP contribution in [-0.4, -0.2) is 32.8 Å². The third kappa shape index (κ3) is 2.88.